The van der Waals surface area contributed by atoms with Crippen molar-refractivity contribution in [3.8, 4) is 5.75 Å². The normalized spacial score (nSPS) is 13.6. The van der Waals surface area contributed by atoms with E-state index in [-0.39, 0.29) is 0 Å². The second-order valence-corrected chi connectivity index (χ2v) is 3.08. The van der Waals surface area contributed by atoms with E-state index in [1.54, 1.807) is 0 Å². The Hall–Kier alpha value is -1.53. The minimum atomic E-state index is -4.68. The van der Waals surface area contributed by atoms with Crippen LogP contribution in [0.15, 0.2) is 12.1 Å². The highest BCUT2D eigenvalue weighted by Crippen LogP contribution is 2.31. The fourth-order valence-corrected chi connectivity index (χ4v) is 0.910. The van der Waals surface area contributed by atoms with Gasteiger partial charge in [0.05, 0.1) is 5.69 Å². The van der Waals surface area contributed by atoms with E-state index in [1.807, 2.05) is 0 Å². The zero-order chi connectivity index (χ0) is 12.5. The Morgan fingerprint density at radius 2 is 1.81 bits per heavy atom. The number of hydrogen-bond donors (Lipinski definition) is 1. The minimum absolute atomic E-state index is 0.394. The van der Waals surface area contributed by atoms with Gasteiger partial charge in [-0.2, -0.15) is 17.6 Å². The molecule has 0 aromatic heterocycles. The molecule has 0 aliphatic carbocycles. The van der Waals surface area contributed by atoms with Crippen LogP contribution in [0, 0.1) is 11.6 Å². The Bertz CT molecular complexity index is 390. The van der Waals surface area contributed by atoms with Crippen molar-refractivity contribution in [2.24, 2.45) is 0 Å². The number of halogens is 5. The summed E-state index contributed by atoms with van der Waals surface area (Å²) in [5.74, 6) is -3.78. The van der Waals surface area contributed by atoms with Crippen molar-refractivity contribution in [2.45, 2.75) is 19.2 Å². The highest BCUT2D eigenvalue weighted by Gasteiger charge is 2.39. The van der Waals surface area contributed by atoms with Crippen LogP contribution in [-0.2, 0) is 0 Å². The lowest BCUT2D eigenvalue weighted by atomic mass is 10.2. The maximum Gasteiger partial charge on any atom is 0.425 e. The Labute approximate surface area is 87.8 Å². The molecule has 0 fully saturated rings. The summed E-state index contributed by atoms with van der Waals surface area (Å²) >= 11 is 0. The molecule has 1 unspecified atom stereocenters. The molecule has 1 atom stereocenters. The van der Waals surface area contributed by atoms with E-state index in [4.69, 9.17) is 5.73 Å². The van der Waals surface area contributed by atoms with Gasteiger partial charge in [0.2, 0.25) is 5.82 Å². The van der Waals surface area contributed by atoms with Crippen molar-refractivity contribution >= 4 is 5.69 Å². The average molecular weight is 241 g/mol. The van der Waals surface area contributed by atoms with Crippen LogP contribution in [-0.4, -0.2) is 12.3 Å². The summed E-state index contributed by atoms with van der Waals surface area (Å²) in [6, 6.07) is 1.63. The van der Waals surface area contributed by atoms with Crippen LogP contribution < -0.4 is 10.5 Å². The summed E-state index contributed by atoms with van der Waals surface area (Å²) in [6.07, 6.45) is -6.95. The van der Waals surface area contributed by atoms with Crippen LogP contribution in [0.3, 0.4) is 0 Å². The lowest BCUT2D eigenvalue weighted by molar-refractivity contribution is -0.189. The van der Waals surface area contributed by atoms with Gasteiger partial charge in [-0.05, 0) is 19.1 Å². The van der Waals surface area contributed by atoms with Crippen molar-refractivity contribution in [2.75, 3.05) is 5.73 Å². The summed E-state index contributed by atoms with van der Waals surface area (Å²) in [6.45, 7) is 0.670. The number of ether oxygens (including phenoxy) is 1. The van der Waals surface area contributed by atoms with Crippen molar-refractivity contribution < 1.29 is 26.7 Å². The molecule has 0 spiro atoms. The Morgan fingerprint density at radius 1 is 1.25 bits per heavy atom. The number of nitrogen functional groups attached to an aromatic ring is 1. The topological polar surface area (TPSA) is 35.2 Å². The maximum atomic E-state index is 13.1. The summed E-state index contributed by atoms with van der Waals surface area (Å²) in [5.41, 5.74) is 4.79. The van der Waals surface area contributed by atoms with Crippen LogP contribution in [0.5, 0.6) is 5.75 Å². The predicted octanol–water partition coefficient (Wildman–Crippen LogP) is 2.88. The van der Waals surface area contributed by atoms with Crippen LogP contribution >= 0.6 is 0 Å². The molecule has 90 valence electrons. The van der Waals surface area contributed by atoms with Gasteiger partial charge in [0.1, 0.15) is 0 Å². The molecule has 0 heterocycles. The van der Waals surface area contributed by atoms with E-state index in [2.05, 4.69) is 4.74 Å². The largest absolute Gasteiger partial charge is 0.476 e. The third kappa shape index (κ3) is 2.53. The number of hydrogen-bond acceptors (Lipinski definition) is 2. The van der Waals surface area contributed by atoms with E-state index >= 15 is 0 Å². The van der Waals surface area contributed by atoms with Crippen molar-refractivity contribution in [1.29, 1.82) is 0 Å². The lowest BCUT2D eigenvalue weighted by Crippen LogP contribution is -2.31. The Balaban J connectivity index is 3.02. The molecule has 0 saturated heterocycles. The molecule has 0 amide bonds. The van der Waals surface area contributed by atoms with Crippen molar-refractivity contribution in [3.05, 3.63) is 23.8 Å². The smallest absolute Gasteiger partial charge is 0.425 e. The van der Waals surface area contributed by atoms with E-state index in [9.17, 15) is 22.0 Å². The van der Waals surface area contributed by atoms with Gasteiger partial charge in [0, 0.05) is 0 Å². The molecule has 1 rings (SSSR count). The van der Waals surface area contributed by atoms with Crippen molar-refractivity contribution in [1.82, 2.24) is 0 Å². The average Bonchev–Trinajstić information content (AvgIpc) is 2.17. The molecule has 0 saturated carbocycles. The highest BCUT2D eigenvalue weighted by molar-refractivity contribution is 5.53. The van der Waals surface area contributed by atoms with Gasteiger partial charge in [-0.1, -0.05) is 0 Å². The van der Waals surface area contributed by atoms with Crippen molar-refractivity contribution in [3.63, 3.8) is 0 Å². The molecule has 2 N–H and O–H groups in total. The summed E-state index contributed by atoms with van der Waals surface area (Å²) in [7, 11) is 0. The van der Waals surface area contributed by atoms with E-state index in [0.717, 1.165) is 6.07 Å². The number of benzene rings is 1. The number of rotatable bonds is 2. The first kappa shape index (κ1) is 12.5. The van der Waals surface area contributed by atoms with Gasteiger partial charge < -0.3 is 10.5 Å². The molecule has 2 nitrogen and oxygen atoms in total. The first-order chi connectivity index (χ1) is 7.23. The van der Waals surface area contributed by atoms with Gasteiger partial charge >= 0.3 is 6.18 Å². The quantitative estimate of drug-likeness (QED) is 0.638. The molecule has 0 bridgehead atoms. The monoisotopic (exact) mass is 241 g/mol. The van der Waals surface area contributed by atoms with Crippen LogP contribution in [0.2, 0.25) is 0 Å². The fraction of sp³-hybridized carbons (Fsp3) is 0.333. The van der Waals surface area contributed by atoms with E-state index in [1.165, 1.54) is 0 Å². The number of nitrogens with two attached hydrogens (primary N) is 1. The molecule has 0 radical (unpaired) electrons. The molecular weight excluding hydrogens is 233 g/mol. The van der Waals surface area contributed by atoms with Crippen LogP contribution in [0.4, 0.5) is 27.6 Å². The zero-order valence-corrected chi connectivity index (χ0v) is 8.11. The lowest BCUT2D eigenvalue weighted by Gasteiger charge is -2.19. The first-order valence-electron chi connectivity index (χ1n) is 4.20. The second-order valence-electron chi connectivity index (χ2n) is 3.08. The van der Waals surface area contributed by atoms with Gasteiger partial charge in [0.25, 0.3) is 0 Å². The maximum absolute atomic E-state index is 13.1. The zero-order valence-electron chi connectivity index (χ0n) is 8.11. The van der Waals surface area contributed by atoms with Gasteiger partial charge in [0.15, 0.2) is 17.7 Å². The minimum Gasteiger partial charge on any atom is -0.476 e. The van der Waals surface area contributed by atoms with E-state index < -0.39 is 35.4 Å². The van der Waals surface area contributed by atoms with Gasteiger partial charge in [-0.3, -0.25) is 0 Å². The van der Waals surface area contributed by atoms with Crippen LogP contribution in [0.25, 0.3) is 0 Å². The summed E-state index contributed by atoms with van der Waals surface area (Å²) < 4.78 is 66.4. The van der Waals surface area contributed by atoms with Crippen LogP contribution in [0.1, 0.15) is 6.92 Å². The predicted molar refractivity (Wildman–Crippen MR) is 46.9 cm³/mol. The molecule has 0 aliphatic heterocycles. The molecule has 0 aliphatic rings. The molecule has 1 aromatic rings. The van der Waals surface area contributed by atoms with Gasteiger partial charge in [-0.15, -0.1) is 0 Å². The number of alkyl halides is 3. The standard InChI is InChI=1S/C9H8F5NO/c1-4(9(12,13)14)16-8-6(15)3-2-5(10)7(8)11/h2-4H,15H2,1H3. The second kappa shape index (κ2) is 4.15. The SMILES string of the molecule is CC(Oc1c(N)ccc(F)c1F)C(F)(F)F. The summed E-state index contributed by atoms with van der Waals surface area (Å²) in [4.78, 5) is 0. The summed E-state index contributed by atoms with van der Waals surface area (Å²) in [5, 5.41) is 0. The fourth-order valence-electron chi connectivity index (χ4n) is 0.910. The Kier molecular flexibility index (Phi) is 3.25. The molecular formula is C9H8F5NO. The highest BCUT2D eigenvalue weighted by atomic mass is 19.4. The number of anilines is 1. The Morgan fingerprint density at radius 3 is 2.31 bits per heavy atom. The van der Waals surface area contributed by atoms with Gasteiger partial charge in [-0.25, -0.2) is 4.39 Å². The third-order valence-electron chi connectivity index (χ3n) is 1.84. The third-order valence-corrected chi connectivity index (χ3v) is 1.84. The molecule has 1 aromatic carbocycles. The first-order valence-corrected chi connectivity index (χ1v) is 4.20. The van der Waals surface area contributed by atoms with E-state index in [0.29, 0.717) is 13.0 Å². The molecule has 16 heavy (non-hydrogen) atoms. The molecule has 7 heteroatoms.